The Kier molecular flexibility index (Phi) is 1.96. The number of rotatable bonds is 2. The van der Waals surface area contributed by atoms with Gasteiger partial charge in [-0.3, -0.25) is 9.63 Å². The Morgan fingerprint density at radius 1 is 1.90 bits per heavy atom. The van der Waals surface area contributed by atoms with E-state index < -0.39 is 5.91 Å². The number of hydrogen-bond donors (Lipinski definition) is 2. The van der Waals surface area contributed by atoms with Crippen LogP contribution in [0.5, 0.6) is 0 Å². The highest BCUT2D eigenvalue weighted by Gasteiger charge is 2.05. The van der Waals surface area contributed by atoms with Crippen LogP contribution in [0.25, 0.3) is 0 Å². The summed E-state index contributed by atoms with van der Waals surface area (Å²) in [6, 6.07) is 0. The van der Waals surface area contributed by atoms with Gasteiger partial charge >= 0.3 is 0 Å². The van der Waals surface area contributed by atoms with Gasteiger partial charge in [0.1, 0.15) is 0 Å². The molecule has 0 aliphatic heterocycles. The van der Waals surface area contributed by atoms with E-state index in [1.165, 1.54) is 13.3 Å². The van der Waals surface area contributed by atoms with Gasteiger partial charge in [0.25, 0.3) is 5.91 Å². The molecule has 0 aliphatic carbocycles. The van der Waals surface area contributed by atoms with Crippen LogP contribution >= 0.6 is 0 Å². The van der Waals surface area contributed by atoms with Gasteiger partial charge in [0.15, 0.2) is 5.69 Å². The number of hydrogen-bond acceptors (Lipinski definition) is 4. The van der Waals surface area contributed by atoms with Crippen LogP contribution in [0.3, 0.4) is 0 Å². The molecule has 1 aromatic heterocycles. The number of H-pyrrole nitrogens is 1. The van der Waals surface area contributed by atoms with Crippen molar-refractivity contribution in [2.75, 3.05) is 7.11 Å². The molecule has 1 heterocycles. The van der Waals surface area contributed by atoms with Gasteiger partial charge in [-0.1, -0.05) is 0 Å². The van der Waals surface area contributed by atoms with Crippen molar-refractivity contribution in [2.45, 2.75) is 0 Å². The van der Waals surface area contributed by atoms with Crippen molar-refractivity contribution < 1.29 is 9.63 Å². The molecule has 0 radical (unpaired) electrons. The largest absolute Gasteiger partial charge is 0.296 e. The maximum atomic E-state index is 10.7. The lowest BCUT2D eigenvalue weighted by molar-refractivity contribution is 0.0532. The van der Waals surface area contributed by atoms with Crippen LogP contribution in [0.1, 0.15) is 10.5 Å². The average molecular weight is 142 g/mol. The Balaban J connectivity index is 2.59. The third-order valence-electron chi connectivity index (χ3n) is 0.842. The molecule has 0 saturated carbocycles. The quantitative estimate of drug-likeness (QED) is 0.524. The SMILES string of the molecule is CONC(=O)c1cn[nH]n1. The number of aromatic amines is 1. The first-order valence-electron chi connectivity index (χ1n) is 2.53. The van der Waals surface area contributed by atoms with E-state index >= 15 is 0 Å². The Hall–Kier alpha value is -1.43. The molecular weight excluding hydrogens is 136 g/mol. The fraction of sp³-hybridized carbons (Fsp3) is 0.250. The van der Waals surface area contributed by atoms with Crippen LogP contribution in [0.15, 0.2) is 6.20 Å². The number of amides is 1. The van der Waals surface area contributed by atoms with E-state index in [1.807, 2.05) is 0 Å². The summed E-state index contributed by atoms with van der Waals surface area (Å²) in [7, 11) is 1.35. The van der Waals surface area contributed by atoms with Crippen LogP contribution in [-0.2, 0) is 4.84 Å². The van der Waals surface area contributed by atoms with E-state index in [1.54, 1.807) is 0 Å². The lowest BCUT2D eigenvalue weighted by atomic mass is 10.5. The van der Waals surface area contributed by atoms with E-state index in [4.69, 9.17) is 0 Å². The molecule has 6 nitrogen and oxygen atoms in total. The van der Waals surface area contributed by atoms with Gasteiger partial charge in [-0.05, 0) is 0 Å². The molecule has 0 fully saturated rings. The molecule has 1 amide bonds. The van der Waals surface area contributed by atoms with E-state index in [9.17, 15) is 4.79 Å². The van der Waals surface area contributed by atoms with Crippen molar-refractivity contribution in [1.29, 1.82) is 0 Å². The van der Waals surface area contributed by atoms with Crippen molar-refractivity contribution in [3.8, 4) is 0 Å². The van der Waals surface area contributed by atoms with Crippen molar-refractivity contribution in [3.05, 3.63) is 11.9 Å². The summed E-state index contributed by atoms with van der Waals surface area (Å²) in [5, 5.41) is 9.23. The molecule has 2 N–H and O–H groups in total. The van der Waals surface area contributed by atoms with E-state index in [2.05, 4.69) is 25.7 Å². The molecule has 10 heavy (non-hydrogen) atoms. The van der Waals surface area contributed by atoms with Crippen molar-refractivity contribution in [3.63, 3.8) is 0 Å². The summed E-state index contributed by atoms with van der Waals surface area (Å²) < 4.78 is 0. The lowest BCUT2D eigenvalue weighted by Gasteiger charge is -1.94. The first-order valence-corrected chi connectivity index (χ1v) is 2.53. The van der Waals surface area contributed by atoms with Gasteiger partial charge in [0.2, 0.25) is 0 Å². The van der Waals surface area contributed by atoms with E-state index in [-0.39, 0.29) is 5.69 Å². The zero-order chi connectivity index (χ0) is 7.40. The average Bonchev–Trinajstić information content (AvgIpc) is 2.38. The van der Waals surface area contributed by atoms with Gasteiger partial charge in [0, 0.05) is 0 Å². The van der Waals surface area contributed by atoms with Crippen LogP contribution in [0.2, 0.25) is 0 Å². The summed E-state index contributed by atoms with van der Waals surface area (Å²) >= 11 is 0. The first-order chi connectivity index (χ1) is 4.84. The zero-order valence-corrected chi connectivity index (χ0v) is 5.29. The maximum Gasteiger partial charge on any atom is 0.296 e. The molecule has 1 rings (SSSR count). The third-order valence-corrected chi connectivity index (χ3v) is 0.842. The molecule has 0 bridgehead atoms. The van der Waals surface area contributed by atoms with E-state index in [0.717, 1.165) is 0 Å². The Bertz CT molecular complexity index is 207. The molecule has 0 unspecified atom stereocenters. The van der Waals surface area contributed by atoms with Crippen LogP contribution in [0.4, 0.5) is 0 Å². The second-order valence-corrected chi connectivity index (χ2v) is 1.49. The molecule has 0 saturated heterocycles. The van der Waals surface area contributed by atoms with Crippen molar-refractivity contribution >= 4 is 5.91 Å². The van der Waals surface area contributed by atoms with Crippen LogP contribution in [0, 0.1) is 0 Å². The van der Waals surface area contributed by atoms with Crippen molar-refractivity contribution in [2.24, 2.45) is 0 Å². The summed E-state index contributed by atoms with van der Waals surface area (Å²) in [5.74, 6) is -0.420. The molecule has 0 aromatic carbocycles. The number of aromatic nitrogens is 3. The minimum absolute atomic E-state index is 0.196. The fourth-order valence-electron chi connectivity index (χ4n) is 0.456. The Morgan fingerprint density at radius 3 is 3.20 bits per heavy atom. The predicted molar refractivity (Wildman–Crippen MR) is 30.9 cm³/mol. The molecule has 1 aromatic rings. The number of carbonyl (C=O) groups excluding carboxylic acids is 1. The normalized spacial score (nSPS) is 9.30. The smallest absolute Gasteiger partial charge is 0.277 e. The van der Waals surface area contributed by atoms with Crippen molar-refractivity contribution in [1.82, 2.24) is 20.9 Å². The van der Waals surface area contributed by atoms with Crippen LogP contribution < -0.4 is 5.48 Å². The summed E-state index contributed by atoms with van der Waals surface area (Å²) in [6.07, 6.45) is 1.30. The lowest BCUT2D eigenvalue weighted by Crippen LogP contribution is -2.22. The Morgan fingerprint density at radius 2 is 2.70 bits per heavy atom. The topological polar surface area (TPSA) is 79.9 Å². The second kappa shape index (κ2) is 2.92. The maximum absolute atomic E-state index is 10.7. The number of nitrogens with one attached hydrogen (secondary N) is 2. The summed E-state index contributed by atoms with van der Waals surface area (Å²) in [6.45, 7) is 0. The minimum Gasteiger partial charge on any atom is -0.277 e. The molecule has 54 valence electrons. The third kappa shape index (κ3) is 1.29. The van der Waals surface area contributed by atoms with Gasteiger partial charge < -0.3 is 0 Å². The van der Waals surface area contributed by atoms with Gasteiger partial charge in [-0.2, -0.15) is 15.4 Å². The highest BCUT2D eigenvalue weighted by atomic mass is 16.6. The number of nitrogens with zero attached hydrogens (tertiary/aromatic N) is 2. The predicted octanol–water partition coefficient (Wildman–Crippen LogP) is -0.904. The van der Waals surface area contributed by atoms with Gasteiger partial charge in [-0.15, -0.1) is 0 Å². The van der Waals surface area contributed by atoms with Gasteiger partial charge in [-0.25, -0.2) is 5.48 Å². The molecule has 6 heteroatoms. The monoisotopic (exact) mass is 142 g/mol. The molecular formula is C4H6N4O2. The summed E-state index contributed by atoms with van der Waals surface area (Å²) in [5.41, 5.74) is 2.28. The zero-order valence-electron chi connectivity index (χ0n) is 5.29. The fourth-order valence-corrected chi connectivity index (χ4v) is 0.456. The molecule has 0 atom stereocenters. The Labute approximate surface area is 56.5 Å². The molecule has 0 aliphatic rings. The minimum atomic E-state index is -0.420. The van der Waals surface area contributed by atoms with Gasteiger partial charge in [0.05, 0.1) is 13.3 Å². The van der Waals surface area contributed by atoms with E-state index in [0.29, 0.717) is 0 Å². The number of carbonyl (C=O) groups is 1. The second-order valence-electron chi connectivity index (χ2n) is 1.49. The highest BCUT2D eigenvalue weighted by Crippen LogP contribution is 1.85. The summed E-state index contributed by atoms with van der Waals surface area (Å²) in [4.78, 5) is 15.1. The standard InChI is InChI=1S/C4H6N4O2/c1-10-7-4(9)3-2-5-8-6-3/h2H,1H3,(H,7,9)(H,5,6,8). The molecule has 0 spiro atoms. The number of hydroxylamine groups is 1. The highest BCUT2D eigenvalue weighted by molar-refractivity contribution is 5.90. The van der Waals surface area contributed by atoms with Crippen LogP contribution in [-0.4, -0.2) is 28.4 Å². The first kappa shape index (κ1) is 6.69.